The summed E-state index contributed by atoms with van der Waals surface area (Å²) in [5, 5.41) is 0. The van der Waals surface area contributed by atoms with Gasteiger partial charge in [0.05, 0.1) is 5.54 Å². The Morgan fingerprint density at radius 1 is 1.40 bits per heavy atom. The lowest BCUT2D eigenvalue weighted by atomic mass is 9.79. The molecule has 2 fully saturated rings. The minimum Gasteiger partial charge on any atom is -0.341 e. The molecule has 3 nitrogen and oxygen atoms in total. The minimum atomic E-state index is -0.480. The number of amides is 1. The van der Waals surface area contributed by atoms with Crippen LogP contribution < -0.4 is 5.73 Å². The van der Waals surface area contributed by atoms with Gasteiger partial charge in [-0.15, -0.1) is 0 Å². The van der Waals surface area contributed by atoms with E-state index in [-0.39, 0.29) is 5.91 Å². The Morgan fingerprint density at radius 3 is 2.60 bits per heavy atom. The van der Waals surface area contributed by atoms with Crippen LogP contribution >= 0.6 is 0 Å². The van der Waals surface area contributed by atoms with E-state index in [2.05, 4.69) is 13.8 Å². The summed E-state index contributed by atoms with van der Waals surface area (Å²) in [5.41, 5.74) is 5.80. The first-order chi connectivity index (χ1) is 6.99. The molecule has 3 heteroatoms. The Bertz CT molecular complexity index is 273. The molecule has 1 heterocycles. The maximum Gasteiger partial charge on any atom is 0.242 e. The second-order valence-corrected chi connectivity index (χ2v) is 5.65. The van der Waals surface area contributed by atoms with Gasteiger partial charge in [0.15, 0.2) is 0 Å². The number of hydrogen-bond donors (Lipinski definition) is 1. The van der Waals surface area contributed by atoms with Crippen LogP contribution in [0.15, 0.2) is 0 Å². The van der Waals surface area contributed by atoms with Crippen LogP contribution in [-0.4, -0.2) is 29.4 Å². The van der Waals surface area contributed by atoms with E-state index in [1.807, 2.05) is 4.90 Å². The molecular formula is C12H22N2O. The highest BCUT2D eigenvalue weighted by atomic mass is 16.2. The molecule has 2 N–H and O–H groups in total. The van der Waals surface area contributed by atoms with Crippen LogP contribution in [0.2, 0.25) is 0 Å². The summed E-state index contributed by atoms with van der Waals surface area (Å²) >= 11 is 0. The van der Waals surface area contributed by atoms with Crippen LogP contribution in [0.1, 0.15) is 46.0 Å². The zero-order chi connectivity index (χ0) is 11.1. The van der Waals surface area contributed by atoms with Crippen LogP contribution in [0.5, 0.6) is 0 Å². The smallest absolute Gasteiger partial charge is 0.242 e. The molecule has 2 aliphatic rings. The Balaban J connectivity index is 2.01. The van der Waals surface area contributed by atoms with Gasteiger partial charge in [0.1, 0.15) is 0 Å². The fraction of sp³-hybridized carbons (Fsp3) is 0.917. The number of carbonyl (C=O) groups excluding carboxylic acids is 1. The first-order valence-corrected chi connectivity index (χ1v) is 6.07. The van der Waals surface area contributed by atoms with Crippen molar-refractivity contribution in [2.45, 2.75) is 51.5 Å². The second-order valence-electron chi connectivity index (χ2n) is 5.65. The minimum absolute atomic E-state index is 0.196. The molecule has 0 spiro atoms. The molecular weight excluding hydrogens is 188 g/mol. The average molecular weight is 210 g/mol. The lowest BCUT2D eigenvalue weighted by molar-refractivity contribution is -0.137. The fourth-order valence-corrected chi connectivity index (χ4v) is 2.44. The van der Waals surface area contributed by atoms with Gasteiger partial charge in [-0.25, -0.2) is 0 Å². The van der Waals surface area contributed by atoms with Gasteiger partial charge in [0.25, 0.3) is 0 Å². The Labute approximate surface area is 92.0 Å². The molecule has 1 unspecified atom stereocenters. The summed E-state index contributed by atoms with van der Waals surface area (Å²) in [6.45, 7) is 6.31. The van der Waals surface area contributed by atoms with E-state index in [9.17, 15) is 4.79 Å². The van der Waals surface area contributed by atoms with Crippen LogP contribution in [0, 0.1) is 5.41 Å². The van der Waals surface area contributed by atoms with Gasteiger partial charge in [-0.2, -0.15) is 0 Å². The molecule has 15 heavy (non-hydrogen) atoms. The molecule has 0 aromatic heterocycles. The standard InChI is InChI=1S/C12H22N2O/c1-3-11(2)5-4-8-14(9-11)10(15)12(13)6-7-12/h3-9,13H2,1-2H3. The normalized spacial score (nSPS) is 33.9. The summed E-state index contributed by atoms with van der Waals surface area (Å²) in [5.74, 6) is 0.196. The molecule has 0 bridgehead atoms. The van der Waals surface area contributed by atoms with Crippen molar-refractivity contribution < 1.29 is 4.79 Å². The van der Waals surface area contributed by atoms with Crippen molar-refractivity contribution in [3.05, 3.63) is 0 Å². The number of nitrogens with zero attached hydrogens (tertiary/aromatic N) is 1. The summed E-state index contributed by atoms with van der Waals surface area (Å²) in [7, 11) is 0. The fourth-order valence-electron chi connectivity index (χ4n) is 2.44. The number of piperidine rings is 1. The Morgan fingerprint density at radius 2 is 2.07 bits per heavy atom. The Kier molecular flexibility index (Phi) is 2.53. The zero-order valence-corrected chi connectivity index (χ0v) is 9.88. The molecule has 1 aliphatic heterocycles. The van der Waals surface area contributed by atoms with E-state index < -0.39 is 5.54 Å². The van der Waals surface area contributed by atoms with E-state index in [1.165, 1.54) is 6.42 Å². The van der Waals surface area contributed by atoms with Gasteiger partial charge in [-0.1, -0.05) is 13.8 Å². The maximum atomic E-state index is 12.1. The molecule has 1 atom stereocenters. The van der Waals surface area contributed by atoms with Crippen molar-refractivity contribution in [3.8, 4) is 0 Å². The lowest BCUT2D eigenvalue weighted by Gasteiger charge is -2.41. The van der Waals surface area contributed by atoms with Gasteiger partial charge in [0.2, 0.25) is 5.91 Å². The quantitative estimate of drug-likeness (QED) is 0.751. The summed E-state index contributed by atoms with van der Waals surface area (Å²) < 4.78 is 0. The number of carbonyl (C=O) groups is 1. The number of rotatable bonds is 2. The summed E-state index contributed by atoms with van der Waals surface area (Å²) in [4.78, 5) is 14.1. The maximum absolute atomic E-state index is 12.1. The zero-order valence-electron chi connectivity index (χ0n) is 9.88. The third-order valence-electron chi connectivity index (χ3n) is 4.14. The molecule has 0 radical (unpaired) electrons. The predicted molar refractivity (Wildman–Crippen MR) is 60.4 cm³/mol. The molecule has 1 saturated carbocycles. The van der Waals surface area contributed by atoms with Gasteiger partial charge < -0.3 is 10.6 Å². The number of likely N-dealkylation sites (tertiary alicyclic amines) is 1. The van der Waals surface area contributed by atoms with Crippen LogP contribution in [0.25, 0.3) is 0 Å². The number of hydrogen-bond acceptors (Lipinski definition) is 2. The SMILES string of the molecule is CCC1(C)CCCN(C(=O)C2(N)CC2)C1. The molecule has 86 valence electrons. The van der Waals surface area contributed by atoms with Crippen LogP contribution in [0.4, 0.5) is 0 Å². The molecule has 0 aromatic rings. The first-order valence-electron chi connectivity index (χ1n) is 6.07. The van der Waals surface area contributed by atoms with Gasteiger partial charge in [0, 0.05) is 13.1 Å². The molecule has 2 rings (SSSR count). The van der Waals surface area contributed by atoms with Crippen molar-refractivity contribution >= 4 is 5.91 Å². The first kappa shape index (κ1) is 10.9. The molecule has 1 amide bonds. The van der Waals surface area contributed by atoms with Crippen molar-refractivity contribution in [3.63, 3.8) is 0 Å². The summed E-state index contributed by atoms with van der Waals surface area (Å²) in [6, 6.07) is 0. The van der Waals surface area contributed by atoms with E-state index in [4.69, 9.17) is 5.73 Å². The third-order valence-corrected chi connectivity index (χ3v) is 4.14. The summed E-state index contributed by atoms with van der Waals surface area (Å²) in [6.07, 6.45) is 5.28. The van der Waals surface area contributed by atoms with Crippen molar-refractivity contribution in [2.75, 3.05) is 13.1 Å². The van der Waals surface area contributed by atoms with Crippen LogP contribution in [0.3, 0.4) is 0 Å². The van der Waals surface area contributed by atoms with Gasteiger partial charge in [-0.3, -0.25) is 4.79 Å². The van der Waals surface area contributed by atoms with Crippen LogP contribution in [-0.2, 0) is 4.79 Å². The Hall–Kier alpha value is -0.570. The molecule has 0 aromatic carbocycles. The second kappa shape index (κ2) is 3.48. The largest absolute Gasteiger partial charge is 0.341 e. The van der Waals surface area contributed by atoms with Crippen molar-refractivity contribution in [1.82, 2.24) is 4.90 Å². The molecule has 1 aliphatic carbocycles. The average Bonchev–Trinajstić information content (AvgIpc) is 2.97. The van der Waals surface area contributed by atoms with Gasteiger partial charge in [-0.05, 0) is 37.5 Å². The topological polar surface area (TPSA) is 46.3 Å². The van der Waals surface area contributed by atoms with E-state index in [1.54, 1.807) is 0 Å². The third kappa shape index (κ3) is 2.03. The lowest BCUT2D eigenvalue weighted by Crippen LogP contribution is -2.51. The number of nitrogens with two attached hydrogens (primary N) is 1. The van der Waals surface area contributed by atoms with Crippen molar-refractivity contribution in [1.29, 1.82) is 0 Å². The van der Waals surface area contributed by atoms with E-state index >= 15 is 0 Å². The highest BCUT2D eigenvalue weighted by molar-refractivity contribution is 5.89. The molecule has 1 saturated heterocycles. The highest BCUT2D eigenvalue weighted by Crippen LogP contribution is 2.38. The predicted octanol–water partition coefficient (Wildman–Crippen LogP) is 1.52. The van der Waals surface area contributed by atoms with E-state index in [0.29, 0.717) is 5.41 Å². The highest BCUT2D eigenvalue weighted by Gasteiger charge is 2.49. The van der Waals surface area contributed by atoms with E-state index in [0.717, 1.165) is 38.8 Å². The monoisotopic (exact) mass is 210 g/mol. The van der Waals surface area contributed by atoms with Gasteiger partial charge >= 0.3 is 0 Å². The van der Waals surface area contributed by atoms with Crippen molar-refractivity contribution in [2.24, 2.45) is 11.1 Å².